The van der Waals surface area contributed by atoms with Gasteiger partial charge in [0.05, 0.1) is 10.5 Å². The predicted octanol–water partition coefficient (Wildman–Crippen LogP) is 4.48. The van der Waals surface area contributed by atoms with Gasteiger partial charge in [-0.2, -0.15) is 0 Å². The van der Waals surface area contributed by atoms with Crippen LogP contribution in [0, 0.1) is 6.92 Å². The van der Waals surface area contributed by atoms with Gasteiger partial charge in [-0.3, -0.25) is 9.52 Å². The number of carbonyl (C=O) groups is 1. The van der Waals surface area contributed by atoms with E-state index in [2.05, 4.69) is 15.0 Å². The van der Waals surface area contributed by atoms with Crippen LogP contribution in [0.25, 0.3) is 0 Å². The number of aromatic nitrogens is 1. The maximum absolute atomic E-state index is 12.6. The molecular formula is C22H23N3O3S2. The van der Waals surface area contributed by atoms with Crippen LogP contribution in [-0.4, -0.2) is 25.4 Å². The summed E-state index contributed by atoms with van der Waals surface area (Å²) >= 11 is 1.43. The summed E-state index contributed by atoms with van der Waals surface area (Å²) in [6, 6.07) is 17.5. The van der Waals surface area contributed by atoms with Crippen molar-refractivity contribution in [2.45, 2.75) is 41.6 Å². The summed E-state index contributed by atoms with van der Waals surface area (Å²) < 4.78 is 27.8. The van der Waals surface area contributed by atoms with E-state index in [0.717, 1.165) is 9.92 Å². The van der Waals surface area contributed by atoms with Crippen LogP contribution in [0.3, 0.4) is 0 Å². The van der Waals surface area contributed by atoms with E-state index in [9.17, 15) is 13.2 Å². The second-order valence-corrected chi connectivity index (χ2v) is 9.76. The summed E-state index contributed by atoms with van der Waals surface area (Å²) in [6.45, 7) is 5.57. The fourth-order valence-electron chi connectivity index (χ4n) is 2.70. The summed E-state index contributed by atoms with van der Waals surface area (Å²) in [7, 11) is -3.64. The van der Waals surface area contributed by atoms with Gasteiger partial charge in [-0.1, -0.05) is 30.0 Å². The Balaban J connectivity index is 1.66. The number of hydrogen-bond donors (Lipinski definition) is 2. The Morgan fingerprint density at radius 1 is 1.00 bits per heavy atom. The van der Waals surface area contributed by atoms with Crippen molar-refractivity contribution in [2.24, 2.45) is 0 Å². The minimum atomic E-state index is -3.64. The lowest BCUT2D eigenvalue weighted by Crippen LogP contribution is -2.30. The molecule has 3 aromatic rings. The molecule has 0 saturated carbocycles. The lowest BCUT2D eigenvalue weighted by molar-refractivity contribution is 0.0942. The standard InChI is InChI=1S/C22H23N3O3S2/c1-15(2)24-22(26)17-8-13-21(23-14-17)29-19-11-9-18(10-12-19)25-30(27,28)20-7-5-4-6-16(20)3/h4-15,25H,1-3H3,(H,24,26). The molecule has 0 fully saturated rings. The number of rotatable bonds is 7. The first-order valence-electron chi connectivity index (χ1n) is 9.38. The Kier molecular flexibility index (Phi) is 6.79. The molecular weight excluding hydrogens is 418 g/mol. The third kappa shape index (κ3) is 5.61. The molecule has 0 spiro atoms. The summed E-state index contributed by atoms with van der Waals surface area (Å²) in [5, 5.41) is 3.57. The van der Waals surface area contributed by atoms with E-state index in [1.807, 2.05) is 26.0 Å². The molecule has 2 N–H and O–H groups in total. The number of pyridine rings is 1. The van der Waals surface area contributed by atoms with Crippen molar-refractivity contribution < 1.29 is 13.2 Å². The fraction of sp³-hybridized carbons (Fsp3) is 0.182. The molecule has 1 aromatic heterocycles. The van der Waals surface area contributed by atoms with Crippen molar-refractivity contribution in [3.63, 3.8) is 0 Å². The number of benzene rings is 2. The quantitative estimate of drug-likeness (QED) is 0.564. The van der Waals surface area contributed by atoms with E-state index in [4.69, 9.17) is 0 Å². The summed E-state index contributed by atoms with van der Waals surface area (Å²) in [5.74, 6) is -0.153. The van der Waals surface area contributed by atoms with Crippen molar-refractivity contribution >= 4 is 33.4 Å². The smallest absolute Gasteiger partial charge is 0.262 e. The first kappa shape index (κ1) is 21.9. The highest BCUT2D eigenvalue weighted by molar-refractivity contribution is 7.99. The third-order valence-electron chi connectivity index (χ3n) is 4.13. The molecule has 3 rings (SSSR count). The van der Waals surface area contributed by atoms with Gasteiger partial charge < -0.3 is 5.32 Å². The Bertz CT molecular complexity index is 1130. The zero-order valence-electron chi connectivity index (χ0n) is 16.9. The molecule has 0 unspecified atom stereocenters. The van der Waals surface area contributed by atoms with E-state index in [-0.39, 0.29) is 16.8 Å². The van der Waals surface area contributed by atoms with Crippen molar-refractivity contribution in [3.8, 4) is 0 Å². The van der Waals surface area contributed by atoms with Gasteiger partial charge in [0.2, 0.25) is 0 Å². The van der Waals surface area contributed by atoms with E-state index >= 15 is 0 Å². The summed E-state index contributed by atoms with van der Waals surface area (Å²) in [6.07, 6.45) is 1.55. The number of anilines is 1. The topological polar surface area (TPSA) is 88.2 Å². The highest BCUT2D eigenvalue weighted by Gasteiger charge is 2.16. The van der Waals surface area contributed by atoms with Gasteiger partial charge >= 0.3 is 0 Å². The van der Waals surface area contributed by atoms with Gasteiger partial charge in [0.25, 0.3) is 15.9 Å². The van der Waals surface area contributed by atoms with Gasteiger partial charge in [-0.25, -0.2) is 13.4 Å². The largest absolute Gasteiger partial charge is 0.350 e. The predicted molar refractivity (Wildman–Crippen MR) is 119 cm³/mol. The number of hydrogen-bond acceptors (Lipinski definition) is 5. The molecule has 0 atom stereocenters. The number of sulfonamides is 1. The molecule has 1 heterocycles. The van der Waals surface area contributed by atoms with E-state index in [1.165, 1.54) is 11.8 Å². The Labute approximate surface area is 181 Å². The first-order valence-corrected chi connectivity index (χ1v) is 11.7. The van der Waals surface area contributed by atoms with E-state index in [0.29, 0.717) is 16.8 Å². The van der Waals surface area contributed by atoms with E-state index < -0.39 is 10.0 Å². The third-order valence-corrected chi connectivity index (χ3v) is 6.63. The monoisotopic (exact) mass is 441 g/mol. The molecule has 0 aliphatic carbocycles. The molecule has 8 heteroatoms. The highest BCUT2D eigenvalue weighted by Crippen LogP contribution is 2.28. The number of amides is 1. The molecule has 30 heavy (non-hydrogen) atoms. The lowest BCUT2D eigenvalue weighted by Gasteiger charge is -2.11. The zero-order valence-corrected chi connectivity index (χ0v) is 18.5. The van der Waals surface area contributed by atoms with Crippen LogP contribution in [0.5, 0.6) is 0 Å². The van der Waals surface area contributed by atoms with Crippen LogP contribution in [-0.2, 0) is 10.0 Å². The first-order chi connectivity index (χ1) is 14.2. The minimum Gasteiger partial charge on any atom is -0.350 e. The average molecular weight is 442 g/mol. The maximum atomic E-state index is 12.6. The van der Waals surface area contributed by atoms with Crippen molar-refractivity contribution in [3.05, 3.63) is 78.0 Å². The zero-order chi connectivity index (χ0) is 21.7. The highest BCUT2D eigenvalue weighted by atomic mass is 32.2. The normalized spacial score (nSPS) is 11.3. The molecule has 0 aliphatic rings. The Morgan fingerprint density at radius 2 is 1.70 bits per heavy atom. The van der Waals surface area contributed by atoms with Gasteiger partial charge in [-0.05, 0) is 68.8 Å². The van der Waals surface area contributed by atoms with Gasteiger partial charge in [0.15, 0.2) is 0 Å². The van der Waals surface area contributed by atoms with Crippen LogP contribution >= 0.6 is 11.8 Å². The van der Waals surface area contributed by atoms with Crippen molar-refractivity contribution in [1.82, 2.24) is 10.3 Å². The van der Waals surface area contributed by atoms with Crippen LogP contribution in [0.4, 0.5) is 5.69 Å². The van der Waals surface area contributed by atoms with Crippen molar-refractivity contribution in [1.29, 1.82) is 0 Å². The fourth-order valence-corrected chi connectivity index (χ4v) is 4.76. The second kappa shape index (κ2) is 9.32. The van der Waals surface area contributed by atoms with Gasteiger partial charge in [0, 0.05) is 22.8 Å². The lowest BCUT2D eigenvalue weighted by atomic mass is 10.2. The second-order valence-electron chi connectivity index (χ2n) is 7.01. The average Bonchev–Trinajstić information content (AvgIpc) is 2.69. The molecule has 2 aromatic carbocycles. The Morgan fingerprint density at radius 3 is 2.30 bits per heavy atom. The van der Waals surface area contributed by atoms with Crippen LogP contribution in [0.15, 0.2) is 81.7 Å². The molecule has 0 saturated heterocycles. The van der Waals surface area contributed by atoms with Crippen LogP contribution in [0.1, 0.15) is 29.8 Å². The molecule has 156 valence electrons. The summed E-state index contributed by atoms with van der Waals surface area (Å²) in [5.41, 5.74) is 1.68. The minimum absolute atomic E-state index is 0.0632. The SMILES string of the molecule is Cc1ccccc1S(=O)(=O)Nc1ccc(Sc2ccc(C(=O)NC(C)C)cn2)cc1. The Hall–Kier alpha value is -2.84. The number of aryl methyl sites for hydroxylation is 1. The van der Waals surface area contributed by atoms with E-state index in [1.54, 1.807) is 61.7 Å². The van der Waals surface area contributed by atoms with Crippen LogP contribution in [0.2, 0.25) is 0 Å². The molecule has 0 bridgehead atoms. The van der Waals surface area contributed by atoms with Crippen molar-refractivity contribution in [2.75, 3.05) is 4.72 Å². The van der Waals surface area contributed by atoms with Gasteiger partial charge in [0.1, 0.15) is 5.03 Å². The number of nitrogens with one attached hydrogen (secondary N) is 2. The summed E-state index contributed by atoms with van der Waals surface area (Å²) in [4.78, 5) is 17.5. The number of nitrogens with zero attached hydrogens (tertiary/aromatic N) is 1. The molecule has 0 aliphatic heterocycles. The molecule has 6 nitrogen and oxygen atoms in total. The maximum Gasteiger partial charge on any atom is 0.262 e. The van der Waals surface area contributed by atoms with Gasteiger partial charge in [-0.15, -0.1) is 0 Å². The number of carbonyl (C=O) groups excluding carboxylic acids is 1. The molecule has 1 amide bonds. The van der Waals surface area contributed by atoms with Crippen LogP contribution < -0.4 is 10.0 Å². The molecule has 0 radical (unpaired) electrons.